The molecule has 1 fully saturated rings. The Kier molecular flexibility index (Phi) is 3.12. The maximum atomic E-state index is 6.83. The topological polar surface area (TPSA) is 18.5 Å². The van der Waals surface area contributed by atoms with Crippen molar-refractivity contribution in [1.29, 1.82) is 0 Å². The van der Waals surface area contributed by atoms with Crippen molar-refractivity contribution in [1.82, 2.24) is 0 Å². The number of rotatable bonds is 2. The molecule has 0 N–H and O–H groups in total. The first-order chi connectivity index (χ1) is 8.91. The Labute approximate surface area is 131 Å². The predicted molar refractivity (Wildman–Crippen MR) is 77.9 cm³/mol. The quantitative estimate of drug-likeness (QED) is 0.558. The molecule has 3 aliphatic rings. The number of hydrogen-bond acceptors (Lipinski definition) is 2. The van der Waals surface area contributed by atoms with Crippen molar-refractivity contribution in [3.05, 3.63) is 34.4 Å². The largest absolute Gasteiger partial charge is 0.350 e. The molecule has 1 saturated carbocycles. The van der Waals surface area contributed by atoms with Gasteiger partial charge in [-0.25, -0.2) is 0 Å². The van der Waals surface area contributed by atoms with Crippen LogP contribution in [-0.4, -0.2) is 29.8 Å². The lowest BCUT2D eigenvalue weighted by atomic mass is 9.79. The first-order valence-corrected chi connectivity index (χ1v) is 7.32. The van der Waals surface area contributed by atoms with Crippen molar-refractivity contribution in [2.45, 2.75) is 15.5 Å². The van der Waals surface area contributed by atoms with Gasteiger partial charge < -0.3 is 9.47 Å². The number of ether oxygens (including phenoxy) is 2. The molecule has 0 amide bonds. The van der Waals surface area contributed by atoms with E-state index in [1.807, 2.05) is 24.3 Å². The van der Waals surface area contributed by atoms with Crippen LogP contribution in [0.4, 0.5) is 0 Å². The Morgan fingerprint density at radius 1 is 0.895 bits per heavy atom. The van der Waals surface area contributed by atoms with E-state index in [9.17, 15) is 0 Å². The summed E-state index contributed by atoms with van der Waals surface area (Å²) in [5, 5.41) is 0.603. The van der Waals surface area contributed by atoms with Gasteiger partial charge in [0.2, 0.25) is 5.79 Å². The highest BCUT2D eigenvalue weighted by Crippen LogP contribution is 2.74. The zero-order chi connectivity index (χ0) is 14.1. The third-order valence-corrected chi connectivity index (χ3v) is 7.06. The highest BCUT2D eigenvalue weighted by atomic mass is 35.5. The van der Waals surface area contributed by atoms with Crippen LogP contribution in [0.25, 0.3) is 0 Å². The number of fused-ring (bicyclic) bond motifs is 5. The fourth-order valence-corrected chi connectivity index (χ4v) is 5.81. The summed E-state index contributed by atoms with van der Waals surface area (Å²) in [6, 6.07) is 0. The van der Waals surface area contributed by atoms with Crippen LogP contribution in [0, 0.1) is 11.8 Å². The minimum Gasteiger partial charge on any atom is -0.350 e. The highest BCUT2D eigenvalue weighted by Gasteiger charge is 2.83. The van der Waals surface area contributed by atoms with Crippen molar-refractivity contribution < 1.29 is 9.47 Å². The van der Waals surface area contributed by atoms with E-state index in [0.717, 1.165) is 0 Å². The molecule has 0 radical (unpaired) electrons. The van der Waals surface area contributed by atoms with Crippen molar-refractivity contribution in [2.75, 3.05) is 14.2 Å². The molecular formula is C13H12Cl4O2. The summed E-state index contributed by atoms with van der Waals surface area (Å²) in [6.07, 6.45) is 7.78. The highest BCUT2D eigenvalue weighted by molar-refractivity contribution is 6.52. The summed E-state index contributed by atoms with van der Waals surface area (Å²) in [5.41, 5.74) is 0. The second kappa shape index (κ2) is 4.16. The van der Waals surface area contributed by atoms with E-state index >= 15 is 0 Å². The van der Waals surface area contributed by atoms with E-state index in [4.69, 9.17) is 55.9 Å². The fraction of sp³-hybridized carbons (Fsp3) is 0.538. The molecule has 2 nitrogen and oxygen atoms in total. The van der Waals surface area contributed by atoms with Gasteiger partial charge in [-0.15, -0.1) is 23.2 Å². The molecule has 3 aliphatic carbocycles. The van der Waals surface area contributed by atoms with Gasteiger partial charge in [0, 0.05) is 26.1 Å². The minimum atomic E-state index is -1.30. The molecular weight excluding hydrogens is 330 g/mol. The van der Waals surface area contributed by atoms with Crippen LogP contribution in [0.2, 0.25) is 0 Å². The van der Waals surface area contributed by atoms with Crippen LogP contribution in [0.3, 0.4) is 0 Å². The van der Waals surface area contributed by atoms with Gasteiger partial charge in [0.25, 0.3) is 0 Å². The molecule has 0 spiro atoms. The van der Waals surface area contributed by atoms with Crippen molar-refractivity contribution in [3.8, 4) is 0 Å². The van der Waals surface area contributed by atoms with Crippen LogP contribution in [-0.2, 0) is 9.47 Å². The Balaban J connectivity index is 2.34. The maximum absolute atomic E-state index is 6.83. The molecule has 0 aromatic rings. The third-order valence-electron chi connectivity index (χ3n) is 4.42. The lowest BCUT2D eigenvalue weighted by Crippen LogP contribution is -2.57. The minimum absolute atomic E-state index is 0.133. The Hall–Kier alpha value is 0.300. The lowest BCUT2D eigenvalue weighted by Gasteiger charge is -2.41. The molecule has 2 bridgehead atoms. The van der Waals surface area contributed by atoms with Crippen LogP contribution in [0.1, 0.15) is 0 Å². The Bertz CT molecular complexity index is 481. The number of alkyl halides is 2. The first-order valence-electron chi connectivity index (χ1n) is 5.81. The van der Waals surface area contributed by atoms with Crippen LogP contribution in [0.15, 0.2) is 34.4 Å². The zero-order valence-corrected chi connectivity index (χ0v) is 13.3. The normalized spacial score (nSPS) is 46.0. The predicted octanol–water partition coefficient (Wildman–Crippen LogP) is 4.01. The van der Waals surface area contributed by atoms with Gasteiger partial charge >= 0.3 is 0 Å². The standard InChI is InChI=1S/C13H12Cl4O2/c1-18-13(19-2)11(16)7-5-3-4-6-8(7)12(13,17)10(15)9(11)14/h3-8H,1-2H3/t7-,8+,11-,12+. The molecule has 6 heteroatoms. The molecule has 0 heterocycles. The summed E-state index contributed by atoms with van der Waals surface area (Å²) in [7, 11) is 3.00. The van der Waals surface area contributed by atoms with Crippen molar-refractivity contribution in [2.24, 2.45) is 11.8 Å². The molecule has 0 unspecified atom stereocenters. The average molecular weight is 342 g/mol. The monoisotopic (exact) mass is 340 g/mol. The SMILES string of the molecule is COC1(OC)[C@@]2(Cl)C(Cl)=C(Cl)[C@]1(Cl)[C@@H]1C=CC=C[C@@H]12. The van der Waals surface area contributed by atoms with E-state index < -0.39 is 15.5 Å². The average Bonchev–Trinajstić information content (AvgIpc) is 2.69. The molecule has 4 atom stereocenters. The summed E-state index contributed by atoms with van der Waals surface area (Å²) < 4.78 is 11.2. The molecule has 19 heavy (non-hydrogen) atoms. The van der Waals surface area contributed by atoms with E-state index in [-0.39, 0.29) is 11.8 Å². The van der Waals surface area contributed by atoms with Gasteiger partial charge in [-0.05, 0) is 0 Å². The molecule has 0 aliphatic heterocycles. The lowest BCUT2D eigenvalue weighted by molar-refractivity contribution is -0.219. The van der Waals surface area contributed by atoms with E-state index in [2.05, 4.69) is 0 Å². The van der Waals surface area contributed by atoms with Gasteiger partial charge in [-0.1, -0.05) is 47.5 Å². The summed E-state index contributed by atoms with van der Waals surface area (Å²) in [5.74, 6) is -1.57. The second-order valence-electron chi connectivity index (χ2n) is 4.90. The van der Waals surface area contributed by atoms with Gasteiger partial charge in [0.1, 0.15) is 9.75 Å². The van der Waals surface area contributed by atoms with E-state index in [1.165, 1.54) is 14.2 Å². The van der Waals surface area contributed by atoms with Crippen molar-refractivity contribution in [3.63, 3.8) is 0 Å². The van der Waals surface area contributed by atoms with Gasteiger partial charge in [0.15, 0.2) is 0 Å². The number of halogens is 4. The number of hydrogen-bond donors (Lipinski definition) is 0. The third kappa shape index (κ3) is 1.21. The molecule has 104 valence electrons. The summed E-state index contributed by atoms with van der Waals surface area (Å²) in [6.45, 7) is 0. The second-order valence-corrected chi connectivity index (χ2v) is 6.85. The fourth-order valence-electron chi connectivity index (χ4n) is 3.65. The van der Waals surface area contributed by atoms with Crippen LogP contribution < -0.4 is 0 Å². The van der Waals surface area contributed by atoms with Crippen LogP contribution >= 0.6 is 46.4 Å². The summed E-state index contributed by atoms with van der Waals surface area (Å²) in [4.78, 5) is -2.24. The number of methoxy groups -OCH3 is 2. The Morgan fingerprint density at radius 3 is 1.58 bits per heavy atom. The maximum Gasteiger partial charge on any atom is 0.218 e. The van der Waals surface area contributed by atoms with Crippen molar-refractivity contribution >= 4 is 46.4 Å². The van der Waals surface area contributed by atoms with Gasteiger partial charge in [-0.2, -0.15) is 0 Å². The number of allylic oxidation sites excluding steroid dienone is 4. The molecule has 0 aromatic carbocycles. The van der Waals surface area contributed by atoms with Gasteiger partial charge in [0.05, 0.1) is 10.1 Å². The Morgan fingerprint density at radius 2 is 1.26 bits per heavy atom. The molecule has 0 saturated heterocycles. The van der Waals surface area contributed by atoms with Gasteiger partial charge in [-0.3, -0.25) is 0 Å². The zero-order valence-electron chi connectivity index (χ0n) is 10.3. The molecule has 0 aromatic heterocycles. The first kappa shape index (κ1) is 14.2. The van der Waals surface area contributed by atoms with E-state index in [1.54, 1.807) is 0 Å². The smallest absolute Gasteiger partial charge is 0.218 e. The van der Waals surface area contributed by atoms with Crippen LogP contribution in [0.5, 0.6) is 0 Å². The van der Waals surface area contributed by atoms with E-state index in [0.29, 0.717) is 10.1 Å². The molecule has 3 rings (SSSR count). The summed E-state index contributed by atoms with van der Waals surface area (Å²) >= 11 is 26.4.